The van der Waals surface area contributed by atoms with E-state index in [1.54, 1.807) is 6.07 Å². The van der Waals surface area contributed by atoms with Crippen molar-refractivity contribution in [1.82, 2.24) is 9.80 Å². The van der Waals surface area contributed by atoms with Crippen LogP contribution in [0.2, 0.25) is 0 Å². The second-order valence-corrected chi connectivity index (χ2v) is 7.27. The fraction of sp³-hybridized carbons (Fsp3) is 0.429. The minimum atomic E-state index is -0.831. The summed E-state index contributed by atoms with van der Waals surface area (Å²) in [6, 6.07) is 10.1. The molecule has 28 heavy (non-hydrogen) atoms. The summed E-state index contributed by atoms with van der Waals surface area (Å²) >= 11 is 0. The quantitative estimate of drug-likeness (QED) is 0.822. The highest BCUT2D eigenvalue weighted by molar-refractivity contribution is 5.48. The first-order chi connectivity index (χ1) is 13.6. The lowest BCUT2D eigenvalue weighted by atomic mass is 10.1. The van der Waals surface area contributed by atoms with Gasteiger partial charge in [-0.2, -0.15) is 0 Å². The maximum Gasteiger partial charge on any atom is 0.231 e. The Morgan fingerprint density at radius 1 is 1.04 bits per heavy atom. The fourth-order valence-corrected chi connectivity index (χ4v) is 3.96. The predicted octanol–water partition coefficient (Wildman–Crippen LogP) is 2.76. The van der Waals surface area contributed by atoms with Crippen LogP contribution in [0.5, 0.6) is 11.5 Å². The molecule has 2 aliphatic rings. The number of benzene rings is 2. The largest absolute Gasteiger partial charge is 0.454 e. The summed E-state index contributed by atoms with van der Waals surface area (Å²) in [5.74, 6) is -0.0659. The zero-order valence-electron chi connectivity index (χ0n) is 15.6. The fourth-order valence-electron chi connectivity index (χ4n) is 3.96. The molecule has 0 bridgehead atoms. The van der Waals surface area contributed by atoms with Gasteiger partial charge in [0.25, 0.3) is 0 Å². The van der Waals surface area contributed by atoms with Gasteiger partial charge in [0.2, 0.25) is 6.79 Å². The molecule has 1 fully saturated rings. The molecule has 1 saturated heterocycles. The lowest BCUT2D eigenvalue weighted by molar-refractivity contribution is 0.0494. The van der Waals surface area contributed by atoms with Gasteiger partial charge in [-0.05, 0) is 30.2 Å². The van der Waals surface area contributed by atoms with Gasteiger partial charge >= 0.3 is 0 Å². The third-order valence-electron chi connectivity index (χ3n) is 5.39. The maximum absolute atomic E-state index is 13.5. The van der Waals surface area contributed by atoms with Crippen molar-refractivity contribution in [2.24, 2.45) is 0 Å². The topological polar surface area (TPSA) is 45.2 Å². The lowest BCUT2D eigenvalue weighted by Gasteiger charge is -2.41. The molecule has 1 unspecified atom stereocenters. The van der Waals surface area contributed by atoms with E-state index in [1.165, 1.54) is 12.1 Å². The zero-order chi connectivity index (χ0) is 19.5. The Morgan fingerprint density at radius 2 is 1.93 bits per heavy atom. The Morgan fingerprint density at radius 3 is 2.75 bits per heavy atom. The second-order valence-electron chi connectivity index (χ2n) is 7.27. The summed E-state index contributed by atoms with van der Waals surface area (Å²) in [6.45, 7) is 4.04. The Balaban J connectivity index is 1.43. The van der Waals surface area contributed by atoms with E-state index in [0.717, 1.165) is 48.8 Å². The number of para-hydroxylation sites is 1. The third-order valence-corrected chi connectivity index (χ3v) is 5.39. The molecule has 2 aliphatic heterocycles. The van der Waals surface area contributed by atoms with Crippen molar-refractivity contribution >= 4 is 0 Å². The van der Waals surface area contributed by atoms with Gasteiger partial charge in [-0.1, -0.05) is 18.2 Å². The van der Waals surface area contributed by atoms with Crippen molar-refractivity contribution in [3.8, 4) is 11.5 Å². The first-order valence-electron chi connectivity index (χ1n) is 9.52. The summed E-state index contributed by atoms with van der Waals surface area (Å²) in [6.07, 6.45) is 0.632. The van der Waals surface area contributed by atoms with Crippen LogP contribution >= 0.6 is 0 Å². The molecule has 0 saturated carbocycles. The number of hydrogen-bond acceptors (Lipinski definition) is 5. The van der Waals surface area contributed by atoms with Crippen LogP contribution in [0.3, 0.4) is 0 Å². The number of ether oxygens (including phenoxy) is 2. The van der Waals surface area contributed by atoms with E-state index in [1.807, 2.05) is 18.2 Å². The van der Waals surface area contributed by atoms with E-state index >= 15 is 0 Å². The van der Waals surface area contributed by atoms with Crippen LogP contribution in [0.1, 0.15) is 17.5 Å². The van der Waals surface area contributed by atoms with Crippen LogP contribution in [0.25, 0.3) is 0 Å². The summed E-state index contributed by atoms with van der Waals surface area (Å²) in [5, 5.41) is 9.49. The molecule has 1 atom stereocenters. The normalized spacial score (nSPS) is 19.9. The van der Waals surface area contributed by atoms with Crippen LogP contribution in [0, 0.1) is 11.6 Å². The summed E-state index contributed by atoms with van der Waals surface area (Å²) in [7, 11) is 0. The number of piperazine rings is 1. The Bertz CT molecular complexity index is 833. The highest BCUT2D eigenvalue weighted by atomic mass is 19.2. The second kappa shape index (κ2) is 8.43. The molecule has 150 valence electrons. The van der Waals surface area contributed by atoms with Crippen molar-refractivity contribution in [1.29, 1.82) is 0 Å². The van der Waals surface area contributed by atoms with Crippen molar-refractivity contribution in [3.63, 3.8) is 0 Å². The van der Waals surface area contributed by atoms with Crippen LogP contribution in [-0.4, -0.2) is 54.0 Å². The molecule has 0 amide bonds. The van der Waals surface area contributed by atoms with Crippen LogP contribution in [-0.2, 0) is 13.1 Å². The smallest absolute Gasteiger partial charge is 0.231 e. The number of aliphatic hydroxyl groups is 1. The molecule has 7 heteroatoms. The average Bonchev–Trinajstić information content (AvgIpc) is 3.17. The average molecular weight is 390 g/mol. The number of fused-ring (bicyclic) bond motifs is 1. The zero-order valence-corrected chi connectivity index (χ0v) is 15.6. The van der Waals surface area contributed by atoms with Crippen LogP contribution < -0.4 is 9.47 Å². The molecule has 2 aromatic rings. The third kappa shape index (κ3) is 4.11. The van der Waals surface area contributed by atoms with Gasteiger partial charge in [-0.25, -0.2) is 8.78 Å². The van der Waals surface area contributed by atoms with Gasteiger partial charge in [0.15, 0.2) is 23.1 Å². The molecule has 2 heterocycles. The van der Waals surface area contributed by atoms with E-state index < -0.39 is 11.6 Å². The van der Waals surface area contributed by atoms with Gasteiger partial charge in [0, 0.05) is 50.9 Å². The lowest BCUT2D eigenvalue weighted by Crippen LogP contribution is -2.52. The van der Waals surface area contributed by atoms with Crippen molar-refractivity contribution in [2.75, 3.05) is 33.0 Å². The standard InChI is InChI=1S/C21H24F2N2O3/c22-18-5-4-15(10-19(18)23)11-25-8-7-24(13-17(25)6-9-26)12-16-2-1-3-20-21(16)28-14-27-20/h1-5,10,17,26H,6-9,11-14H2. The minimum absolute atomic E-state index is 0.0878. The Hall–Kier alpha value is -2.22. The maximum atomic E-state index is 13.5. The van der Waals surface area contributed by atoms with Crippen LogP contribution in [0.4, 0.5) is 8.78 Å². The molecular formula is C21H24F2N2O3. The summed E-state index contributed by atoms with van der Waals surface area (Å²) < 4.78 is 37.8. The van der Waals surface area contributed by atoms with Crippen LogP contribution in [0.15, 0.2) is 36.4 Å². The van der Waals surface area contributed by atoms with E-state index in [4.69, 9.17) is 9.47 Å². The van der Waals surface area contributed by atoms with Gasteiger partial charge in [0.05, 0.1) is 0 Å². The first kappa shape index (κ1) is 19.1. The molecule has 5 nitrogen and oxygen atoms in total. The molecule has 1 N–H and O–H groups in total. The molecular weight excluding hydrogens is 366 g/mol. The van der Waals surface area contributed by atoms with E-state index in [2.05, 4.69) is 9.80 Å². The number of halogens is 2. The van der Waals surface area contributed by atoms with E-state index in [0.29, 0.717) is 13.0 Å². The SMILES string of the molecule is OCCC1CN(Cc2cccc3c2OCO3)CCN1Cc1ccc(F)c(F)c1. The van der Waals surface area contributed by atoms with Gasteiger partial charge in [0.1, 0.15) is 0 Å². The molecule has 0 spiro atoms. The number of rotatable bonds is 6. The number of aliphatic hydroxyl groups excluding tert-OH is 1. The molecule has 0 aromatic heterocycles. The molecule has 0 radical (unpaired) electrons. The minimum Gasteiger partial charge on any atom is -0.454 e. The number of nitrogens with zero attached hydrogens (tertiary/aromatic N) is 2. The van der Waals surface area contributed by atoms with E-state index in [9.17, 15) is 13.9 Å². The van der Waals surface area contributed by atoms with Crippen molar-refractivity contribution in [3.05, 3.63) is 59.2 Å². The van der Waals surface area contributed by atoms with Gasteiger partial charge in [-0.15, -0.1) is 0 Å². The van der Waals surface area contributed by atoms with E-state index in [-0.39, 0.29) is 19.4 Å². The number of hydrogen-bond donors (Lipinski definition) is 1. The molecule has 2 aromatic carbocycles. The molecule has 4 rings (SSSR count). The summed E-state index contributed by atoms with van der Waals surface area (Å²) in [5.41, 5.74) is 1.83. The molecule has 0 aliphatic carbocycles. The monoisotopic (exact) mass is 390 g/mol. The summed E-state index contributed by atoms with van der Waals surface area (Å²) in [4.78, 5) is 4.56. The first-order valence-corrected chi connectivity index (χ1v) is 9.52. The Labute approximate surface area is 163 Å². The Kier molecular flexibility index (Phi) is 5.75. The van der Waals surface area contributed by atoms with Crippen molar-refractivity contribution in [2.45, 2.75) is 25.6 Å². The van der Waals surface area contributed by atoms with Gasteiger partial charge < -0.3 is 14.6 Å². The predicted molar refractivity (Wildman–Crippen MR) is 100 cm³/mol. The van der Waals surface area contributed by atoms with Gasteiger partial charge in [-0.3, -0.25) is 9.80 Å². The van der Waals surface area contributed by atoms with Crippen molar-refractivity contribution < 1.29 is 23.4 Å². The highest BCUT2D eigenvalue weighted by Gasteiger charge is 2.28. The highest BCUT2D eigenvalue weighted by Crippen LogP contribution is 2.36.